The van der Waals surface area contributed by atoms with Crippen LogP contribution in [0.4, 0.5) is 5.69 Å². The van der Waals surface area contributed by atoms with Crippen molar-refractivity contribution in [3.63, 3.8) is 0 Å². The van der Waals surface area contributed by atoms with E-state index in [2.05, 4.69) is 6.07 Å². The third-order valence-corrected chi connectivity index (χ3v) is 4.38. The van der Waals surface area contributed by atoms with Gasteiger partial charge >= 0.3 is 0 Å². The van der Waals surface area contributed by atoms with Gasteiger partial charge in [0, 0.05) is 35.8 Å². The lowest BCUT2D eigenvalue weighted by atomic mass is 9.80. The number of benzene rings is 1. The van der Waals surface area contributed by atoms with Crippen LogP contribution in [0.5, 0.6) is 5.75 Å². The Balaban J connectivity index is 2.73. The van der Waals surface area contributed by atoms with Crippen LogP contribution >= 0.6 is 0 Å². The molecule has 0 aliphatic carbocycles. The molecule has 0 fully saturated rings. The lowest BCUT2D eigenvalue weighted by Crippen LogP contribution is -2.42. The molecular formula is C16H20N2O4. The molecule has 0 aromatic heterocycles. The van der Waals surface area contributed by atoms with Gasteiger partial charge in [0.1, 0.15) is 11.4 Å². The van der Waals surface area contributed by atoms with Crippen molar-refractivity contribution in [3.05, 3.63) is 32.4 Å². The highest BCUT2D eigenvalue weighted by Crippen LogP contribution is 2.48. The minimum Gasteiger partial charge on any atom is -0.484 e. The van der Waals surface area contributed by atoms with E-state index in [0.717, 1.165) is 5.56 Å². The monoisotopic (exact) mass is 304 g/mol. The average molecular weight is 304 g/mol. The van der Waals surface area contributed by atoms with Gasteiger partial charge in [-0.2, -0.15) is 5.26 Å². The van der Waals surface area contributed by atoms with E-state index < -0.39 is 11.5 Å². The molecule has 0 spiro atoms. The number of nitro groups is 1. The topological polar surface area (TPSA) is 85.4 Å². The summed E-state index contributed by atoms with van der Waals surface area (Å²) in [6.45, 7) is 7.46. The second-order valence-electron chi connectivity index (χ2n) is 6.09. The predicted octanol–water partition coefficient (Wildman–Crippen LogP) is 3.31. The summed E-state index contributed by atoms with van der Waals surface area (Å²) in [7, 11) is 1.59. The Hall–Kier alpha value is -2.13. The quantitative estimate of drug-likeness (QED) is 0.631. The Morgan fingerprint density at radius 1 is 1.41 bits per heavy atom. The van der Waals surface area contributed by atoms with Crippen LogP contribution in [0.3, 0.4) is 0 Å². The molecule has 2 rings (SSSR count). The summed E-state index contributed by atoms with van der Waals surface area (Å²) in [5, 5.41) is 20.9. The summed E-state index contributed by atoms with van der Waals surface area (Å²) in [5.41, 5.74) is 1.94. The van der Waals surface area contributed by atoms with E-state index in [4.69, 9.17) is 9.47 Å². The van der Waals surface area contributed by atoms with Gasteiger partial charge < -0.3 is 9.47 Å². The maximum absolute atomic E-state index is 11.4. The van der Waals surface area contributed by atoms with Gasteiger partial charge in [-0.05, 0) is 27.7 Å². The Morgan fingerprint density at radius 2 is 2.05 bits per heavy atom. The second-order valence-corrected chi connectivity index (χ2v) is 6.09. The lowest BCUT2D eigenvalue weighted by molar-refractivity contribution is -0.386. The smallest absolute Gasteiger partial charge is 0.276 e. The van der Waals surface area contributed by atoms with Gasteiger partial charge in [-0.15, -0.1) is 0 Å². The Bertz CT molecular complexity index is 678. The van der Waals surface area contributed by atoms with Gasteiger partial charge in [-0.3, -0.25) is 10.1 Å². The summed E-state index contributed by atoms with van der Waals surface area (Å²) in [5.74, 6) is 0.153. The number of nitrogens with zero attached hydrogens (tertiary/aromatic N) is 2. The van der Waals surface area contributed by atoms with Crippen molar-refractivity contribution < 1.29 is 14.4 Å². The fraction of sp³-hybridized carbons (Fsp3) is 0.562. The molecule has 2 unspecified atom stereocenters. The fourth-order valence-electron chi connectivity index (χ4n) is 3.28. The van der Waals surface area contributed by atoms with Crippen molar-refractivity contribution >= 4 is 5.69 Å². The third kappa shape index (κ3) is 2.42. The molecule has 22 heavy (non-hydrogen) atoms. The average Bonchev–Trinajstić information content (AvgIpc) is 2.43. The second kappa shape index (κ2) is 5.58. The van der Waals surface area contributed by atoms with Crippen molar-refractivity contribution in [3.8, 4) is 11.8 Å². The van der Waals surface area contributed by atoms with Crippen LogP contribution in [0.15, 0.2) is 0 Å². The number of fused-ring (bicyclic) bond motifs is 1. The van der Waals surface area contributed by atoms with E-state index in [-0.39, 0.29) is 10.6 Å². The maximum Gasteiger partial charge on any atom is 0.276 e. The molecule has 0 saturated carbocycles. The molecule has 118 valence electrons. The minimum absolute atomic E-state index is 0.0791. The van der Waals surface area contributed by atoms with E-state index >= 15 is 0 Å². The van der Waals surface area contributed by atoms with E-state index in [1.807, 2.05) is 6.92 Å². The lowest BCUT2D eigenvalue weighted by Gasteiger charge is -2.39. The normalized spacial score (nSPS) is 23.4. The molecule has 1 aliphatic heterocycles. The summed E-state index contributed by atoms with van der Waals surface area (Å²) in [6, 6.07) is 2.27. The van der Waals surface area contributed by atoms with E-state index in [1.54, 1.807) is 27.9 Å². The zero-order valence-corrected chi connectivity index (χ0v) is 13.5. The molecule has 1 aromatic rings. The zero-order valence-electron chi connectivity index (χ0n) is 13.5. The summed E-state index contributed by atoms with van der Waals surface area (Å²) < 4.78 is 11.3. The van der Waals surface area contributed by atoms with Crippen LogP contribution in [0.2, 0.25) is 0 Å². The number of nitriles is 1. The van der Waals surface area contributed by atoms with E-state index in [9.17, 15) is 15.4 Å². The zero-order chi connectivity index (χ0) is 16.7. The molecule has 0 amide bonds. The number of rotatable bonds is 3. The highest BCUT2D eigenvalue weighted by molar-refractivity contribution is 5.64. The molecule has 0 bridgehead atoms. The number of methoxy groups -OCH3 is 1. The highest BCUT2D eigenvalue weighted by atomic mass is 16.6. The first-order chi connectivity index (χ1) is 10.3. The summed E-state index contributed by atoms with van der Waals surface area (Å²) >= 11 is 0. The SMILES string of the molecule is COCC1(C)CC(C#N)c2c(C)c([N+](=O)[O-])c(C)c(C)c2O1. The molecule has 2 atom stereocenters. The molecule has 0 N–H and O–H groups in total. The highest BCUT2D eigenvalue weighted by Gasteiger charge is 2.41. The molecule has 6 heteroatoms. The van der Waals surface area contributed by atoms with Gasteiger partial charge in [0.2, 0.25) is 0 Å². The van der Waals surface area contributed by atoms with E-state index in [0.29, 0.717) is 35.5 Å². The van der Waals surface area contributed by atoms with Crippen LogP contribution in [-0.4, -0.2) is 24.2 Å². The van der Waals surface area contributed by atoms with Crippen LogP contribution < -0.4 is 4.74 Å². The largest absolute Gasteiger partial charge is 0.484 e. The number of nitro benzene ring substituents is 1. The van der Waals surface area contributed by atoms with Crippen LogP contribution in [-0.2, 0) is 4.74 Å². The van der Waals surface area contributed by atoms with Gasteiger partial charge in [-0.1, -0.05) is 0 Å². The first kappa shape index (κ1) is 16.2. The van der Waals surface area contributed by atoms with Crippen molar-refractivity contribution in [2.24, 2.45) is 0 Å². The summed E-state index contributed by atoms with van der Waals surface area (Å²) in [4.78, 5) is 11.0. The molecule has 0 radical (unpaired) electrons. The van der Waals surface area contributed by atoms with Gasteiger partial charge in [0.05, 0.1) is 23.5 Å². The molecule has 6 nitrogen and oxygen atoms in total. The molecule has 1 aromatic carbocycles. The van der Waals surface area contributed by atoms with Gasteiger partial charge in [0.25, 0.3) is 5.69 Å². The molecular weight excluding hydrogens is 284 g/mol. The van der Waals surface area contributed by atoms with Crippen LogP contribution in [0.25, 0.3) is 0 Å². The van der Waals surface area contributed by atoms with Crippen molar-refractivity contribution in [2.45, 2.75) is 45.6 Å². The number of ether oxygens (including phenoxy) is 2. The van der Waals surface area contributed by atoms with E-state index in [1.165, 1.54) is 0 Å². The molecule has 1 heterocycles. The van der Waals surface area contributed by atoms with Gasteiger partial charge in [0.15, 0.2) is 0 Å². The Morgan fingerprint density at radius 3 is 2.55 bits per heavy atom. The van der Waals surface area contributed by atoms with Crippen molar-refractivity contribution in [1.29, 1.82) is 5.26 Å². The molecule has 0 saturated heterocycles. The Kier molecular flexibility index (Phi) is 4.12. The third-order valence-electron chi connectivity index (χ3n) is 4.38. The number of hydrogen-bond donors (Lipinski definition) is 0. The maximum atomic E-state index is 11.4. The Labute approximate surface area is 129 Å². The molecule has 1 aliphatic rings. The minimum atomic E-state index is -0.609. The summed E-state index contributed by atoms with van der Waals surface area (Å²) in [6.07, 6.45) is 0.449. The van der Waals surface area contributed by atoms with Crippen LogP contribution in [0, 0.1) is 42.2 Å². The fourth-order valence-corrected chi connectivity index (χ4v) is 3.28. The van der Waals surface area contributed by atoms with Gasteiger partial charge in [-0.25, -0.2) is 0 Å². The first-order valence-corrected chi connectivity index (χ1v) is 7.11. The standard InChI is InChI=1S/C16H20N2O4/c1-9-10(2)15-13(11(3)14(9)18(19)20)12(7-17)6-16(4,22-15)8-21-5/h12H,6,8H2,1-5H3. The van der Waals surface area contributed by atoms with Crippen molar-refractivity contribution in [1.82, 2.24) is 0 Å². The van der Waals surface area contributed by atoms with Crippen LogP contribution in [0.1, 0.15) is 41.5 Å². The van der Waals surface area contributed by atoms with Crippen molar-refractivity contribution in [2.75, 3.05) is 13.7 Å². The predicted molar refractivity (Wildman–Crippen MR) is 81.2 cm³/mol. The first-order valence-electron chi connectivity index (χ1n) is 7.11. The number of hydrogen-bond acceptors (Lipinski definition) is 5.